The van der Waals surface area contributed by atoms with Crippen LogP contribution in [0.3, 0.4) is 0 Å². The van der Waals surface area contributed by atoms with Crippen molar-refractivity contribution in [1.29, 1.82) is 0 Å². The predicted octanol–water partition coefficient (Wildman–Crippen LogP) is 5.84. The molecule has 1 aliphatic rings. The molecule has 0 atom stereocenters. The zero-order valence-electron chi connectivity index (χ0n) is 21.5. The highest BCUT2D eigenvalue weighted by atomic mass is 16.5. The molecule has 4 aromatic rings. The Morgan fingerprint density at radius 3 is 2.38 bits per heavy atom. The smallest absolute Gasteiger partial charge is 0.321 e. The number of rotatable bonds is 6. The number of pyridine rings is 1. The molecule has 7 heteroatoms. The molecule has 7 nitrogen and oxygen atoms in total. The molecule has 37 heavy (non-hydrogen) atoms. The maximum absolute atomic E-state index is 12.8. The van der Waals surface area contributed by atoms with E-state index < -0.39 is 0 Å². The number of aryl methyl sites for hydroxylation is 1. The van der Waals surface area contributed by atoms with Crippen LogP contribution in [0.4, 0.5) is 16.3 Å². The molecule has 190 valence electrons. The number of methoxy groups -OCH3 is 2. The molecule has 0 saturated carbocycles. The van der Waals surface area contributed by atoms with Crippen molar-refractivity contribution in [1.82, 2.24) is 9.88 Å². The summed E-state index contributed by atoms with van der Waals surface area (Å²) in [7, 11) is 3.31. The van der Waals surface area contributed by atoms with Gasteiger partial charge < -0.3 is 24.6 Å². The summed E-state index contributed by atoms with van der Waals surface area (Å²) >= 11 is 0. The zero-order chi connectivity index (χ0) is 25.8. The summed E-state index contributed by atoms with van der Waals surface area (Å²) in [6.07, 6.45) is 0.980. The minimum atomic E-state index is -0.0655. The van der Waals surface area contributed by atoms with E-state index in [0.29, 0.717) is 26.2 Å². The Kier molecular flexibility index (Phi) is 7.12. The third-order valence-corrected chi connectivity index (χ3v) is 6.91. The molecule has 1 fully saturated rings. The van der Waals surface area contributed by atoms with Gasteiger partial charge in [-0.05, 0) is 48.4 Å². The SMILES string of the molecule is CCc1ccc(NC(=O)N2CCN(c3ccc4cccc(-c5ccc(OC)cc5OC)c4n3)CC2)cc1. The summed E-state index contributed by atoms with van der Waals surface area (Å²) < 4.78 is 11.0. The molecule has 1 saturated heterocycles. The van der Waals surface area contributed by atoms with E-state index in [0.717, 1.165) is 51.5 Å². The first-order chi connectivity index (χ1) is 18.1. The Morgan fingerprint density at radius 1 is 0.892 bits per heavy atom. The van der Waals surface area contributed by atoms with Crippen molar-refractivity contribution in [2.75, 3.05) is 50.6 Å². The summed E-state index contributed by atoms with van der Waals surface area (Å²) in [5.74, 6) is 2.39. The van der Waals surface area contributed by atoms with Crippen LogP contribution in [0.15, 0.2) is 72.8 Å². The van der Waals surface area contributed by atoms with Crippen LogP contribution in [0.25, 0.3) is 22.0 Å². The summed E-state index contributed by atoms with van der Waals surface area (Å²) in [6, 6.07) is 24.1. The number of ether oxygens (including phenoxy) is 2. The molecular weight excluding hydrogens is 464 g/mol. The second kappa shape index (κ2) is 10.8. The van der Waals surface area contributed by atoms with Crippen LogP contribution in [0, 0.1) is 0 Å². The molecule has 1 aliphatic heterocycles. The highest BCUT2D eigenvalue weighted by Gasteiger charge is 2.22. The number of fused-ring (bicyclic) bond motifs is 1. The van der Waals surface area contributed by atoms with Gasteiger partial charge in [-0.15, -0.1) is 0 Å². The van der Waals surface area contributed by atoms with Crippen LogP contribution in [0.5, 0.6) is 11.5 Å². The molecule has 0 bridgehead atoms. The standard InChI is InChI=1S/C30H32N4O3/c1-4-21-8-11-23(12-9-21)31-30(35)34-18-16-33(17-19-34)28-15-10-22-6-5-7-26(29(22)32-28)25-14-13-24(36-2)20-27(25)37-3/h5-15,20H,4,16-19H2,1-3H3,(H,31,35). The first-order valence-corrected chi connectivity index (χ1v) is 12.6. The number of carbonyl (C=O) groups is 1. The molecule has 2 amide bonds. The van der Waals surface area contributed by atoms with Gasteiger partial charge in [0.05, 0.1) is 19.7 Å². The van der Waals surface area contributed by atoms with Gasteiger partial charge in [0.1, 0.15) is 17.3 Å². The summed E-state index contributed by atoms with van der Waals surface area (Å²) in [4.78, 5) is 22.0. The van der Waals surface area contributed by atoms with Crippen molar-refractivity contribution in [2.45, 2.75) is 13.3 Å². The number of piperazine rings is 1. The fourth-order valence-corrected chi connectivity index (χ4v) is 4.72. The van der Waals surface area contributed by atoms with Crippen LogP contribution in [-0.4, -0.2) is 56.3 Å². The van der Waals surface area contributed by atoms with E-state index in [2.05, 4.69) is 53.5 Å². The molecule has 0 unspecified atom stereocenters. The summed E-state index contributed by atoms with van der Waals surface area (Å²) in [5, 5.41) is 4.08. The third kappa shape index (κ3) is 5.16. The number of para-hydroxylation sites is 1. The average Bonchev–Trinajstić information content (AvgIpc) is 2.96. The second-order valence-corrected chi connectivity index (χ2v) is 9.07. The van der Waals surface area contributed by atoms with E-state index in [1.165, 1.54) is 5.56 Å². The van der Waals surface area contributed by atoms with Crippen molar-refractivity contribution in [3.8, 4) is 22.6 Å². The van der Waals surface area contributed by atoms with E-state index in [9.17, 15) is 4.79 Å². The Balaban J connectivity index is 1.33. The van der Waals surface area contributed by atoms with Crippen LogP contribution in [0.2, 0.25) is 0 Å². The van der Waals surface area contributed by atoms with Gasteiger partial charge in [-0.25, -0.2) is 9.78 Å². The highest BCUT2D eigenvalue weighted by Crippen LogP contribution is 2.37. The molecule has 3 aromatic carbocycles. The molecule has 0 aliphatic carbocycles. The normalized spacial score (nSPS) is 13.5. The molecule has 5 rings (SSSR count). The second-order valence-electron chi connectivity index (χ2n) is 9.07. The fraction of sp³-hybridized carbons (Fsp3) is 0.267. The molecule has 1 aromatic heterocycles. The topological polar surface area (TPSA) is 66.9 Å². The number of benzene rings is 3. The molecule has 0 radical (unpaired) electrons. The van der Waals surface area contributed by atoms with Gasteiger partial charge in [-0.3, -0.25) is 0 Å². The molecule has 1 N–H and O–H groups in total. The van der Waals surface area contributed by atoms with E-state index in [1.54, 1.807) is 14.2 Å². The van der Waals surface area contributed by atoms with Gasteiger partial charge >= 0.3 is 6.03 Å². The number of urea groups is 1. The van der Waals surface area contributed by atoms with Gasteiger partial charge in [-0.1, -0.05) is 37.3 Å². The highest BCUT2D eigenvalue weighted by molar-refractivity contribution is 5.96. The zero-order valence-corrected chi connectivity index (χ0v) is 21.5. The van der Waals surface area contributed by atoms with E-state index in [-0.39, 0.29) is 6.03 Å². The third-order valence-electron chi connectivity index (χ3n) is 6.91. The number of aromatic nitrogens is 1. The first kappa shape index (κ1) is 24.4. The Hall–Kier alpha value is -4.26. The van der Waals surface area contributed by atoms with Crippen LogP contribution >= 0.6 is 0 Å². The number of hydrogen-bond donors (Lipinski definition) is 1. The lowest BCUT2D eigenvalue weighted by Gasteiger charge is -2.35. The lowest BCUT2D eigenvalue weighted by molar-refractivity contribution is 0.208. The van der Waals surface area contributed by atoms with Crippen LogP contribution in [-0.2, 0) is 6.42 Å². The summed E-state index contributed by atoms with van der Waals surface area (Å²) in [5.41, 5.74) is 4.96. The molecular formula is C30H32N4O3. The van der Waals surface area contributed by atoms with E-state index in [4.69, 9.17) is 14.5 Å². The van der Waals surface area contributed by atoms with Gasteiger partial charge in [0.25, 0.3) is 0 Å². The number of anilines is 2. The minimum Gasteiger partial charge on any atom is -0.497 e. The number of amides is 2. The summed E-state index contributed by atoms with van der Waals surface area (Å²) in [6.45, 7) is 4.82. The molecule has 2 heterocycles. The van der Waals surface area contributed by atoms with E-state index in [1.807, 2.05) is 41.3 Å². The van der Waals surface area contributed by atoms with Gasteiger partial charge in [0.15, 0.2) is 0 Å². The van der Waals surface area contributed by atoms with Crippen molar-refractivity contribution < 1.29 is 14.3 Å². The number of carbonyl (C=O) groups excluding carboxylic acids is 1. The van der Waals surface area contributed by atoms with E-state index >= 15 is 0 Å². The Bertz CT molecular complexity index is 1400. The maximum Gasteiger partial charge on any atom is 0.321 e. The lowest BCUT2D eigenvalue weighted by atomic mass is 10.0. The van der Waals surface area contributed by atoms with Gasteiger partial charge in [-0.2, -0.15) is 0 Å². The van der Waals surface area contributed by atoms with Gasteiger partial charge in [0, 0.05) is 54.4 Å². The lowest BCUT2D eigenvalue weighted by Crippen LogP contribution is -2.50. The quantitative estimate of drug-likeness (QED) is 0.364. The fourth-order valence-electron chi connectivity index (χ4n) is 4.72. The average molecular weight is 497 g/mol. The molecule has 0 spiro atoms. The number of nitrogens with one attached hydrogen (secondary N) is 1. The largest absolute Gasteiger partial charge is 0.497 e. The number of hydrogen-bond acceptors (Lipinski definition) is 5. The van der Waals surface area contributed by atoms with Crippen LogP contribution in [0.1, 0.15) is 12.5 Å². The Morgan fingerprint density at radius 2 is 1.68 bits per heavy atom. The minimum absolute atomic E-state index is 0.0655. The maximum atomic E-state index is 12.8. The van der Waals surface area contributed by atoms with Crippen LogP contribution < -0.4 is 19.7 Å². The first-order valence-electron chi connectivity index (χ1n) is 12.6. The predicted molar refractivity (Wildman–Crippen MR) is 149 cm³/mol. The Labute approximate surface area is 217 Å². The van der Waals surface area contributed by atoms with Crippen molar-refractivity contribution in [3.05, 3.63) is 78.4 Å². The van der Waals surface area contributed by atoms with Gasteiger partial charge in [0.2, 0.25) is 0 Å². The van der Waals surface area contributed by atoms with Crippen molar-refractivity contribution in [2.24, 2.45) is 0 Å². The van der Waals surface area contributed by atoms with Crippen molar-refractivity contribution in [3.63, 3.8) is 0 Å². The van der Waals surface area contributed by atoms with Crippen molar-refractivity contribution >= 4 is 28.4 Å². The number of nitrogens with zero attached hydrogens (tertiary/aromatic N) is 3. The monoisotopic (exact) mass is 496 g/mol.